The van der Waals surface area contributed by atoms with Gasteiger partial charge in [0.15, 0.2) is 23.5 Å². The molecule has 154 valence electrons. The molecule has 0 radical (unpaired) electrons. The molecular weight excluding hydrogens is 398 g/mol. The number of aliphatic hydroxyl groups excluding tert-OH is 1. The summed E-state index contributed by atoms with van der Waals surface area (Å²) in [4.78, 5) is 20.4. The molecular formula is C17H15F4N5O3. The third-order valence-corrected chi connectivity index (χ3v) is 3.60. The van der Waals surface area contributed by atoms with Crippen molar-refractivity contribution in [2.75, 3.05) is 18.4 Å². The van der Waals surface area contributed by atoms with Gasteiger partial charge in [-0.1, -0.05) is 6.07 Å². The predicted octanol–water partition coefficient (Wildman–Crippen LogP) is 3.06. The lowest BCUT2D eigenvalue weighted by Gasteiger charge is -2.25. The van der Waals surface area contributed by atoms with Crippen LogP contribution in [0, 0.1) is 17.1 Å². The molecule has 8 nitrogen and oxygen atoms in total. The first kappa shape index (κ1) is 21.8. The maximum atomic E-state index is 14.0. The van der Waals surface area contributed by atoms with Gasteiger partial charge < -0.3 is 14.7 Å². The van der Waals surface area contributed by atoms with Crippen molar-refractivity contribution in [1.29, 1.82) is 5.26 Å². The van der Waals surface area contributed by atoms with Crippen molar-refractivity contribution in [2.24, 2.45) is 0 Å². The lowest BCUT2D eigenvalue weighted by atomic mass is 10.2. The highest BCUT2D eigenvalue weighted by molar-refractivity contribution is 5.88. The van der Waals surface area contributed by atoms with Crippen LogP contribution < -0.4 is 10.1 Å². The number of anilines is 1. The summed E-state index contributed by atoms with van der Waals surface area (Å²) in [6.45, 7) is 0.395. The van der Waals surface area contributed by atoms with E-state index in [-0.39, 0.29) is 29.6 Å². The van der Waals surface area contributed by atoms with E-state index >= 15 is 0 Å². The highest BCUT2D eigenvalue weighted by atomic mass is 19.4. The molecule has 2 aromatic rings. The molecule has 2 amide bonds. The number of amides is 2. The van der Waals surface area contributed by atoms with Crippen molar-refractivity contribution < 1.29 is 32.2 Å². The Morgan fingerprint density at radius 2 is 2.10 bits per heavy atom. The molecule has 0 aliphatic heterocycles. The Hall–Kier alpha value is -3.46. The number of urea groups is 1. The third kappa shape index (κ3) is 5.76. The average Bonchev–Trinajstić information content (AvgIpc) is 2.68. The van der Waals surface area contributed by atoms with Gasteiger partial charge in [-0.2, -0.15) is 18.4 Å². The van der Waals surface area contributed by atoms with Gasteiger partial charge in [-0.25, -0.2) is 19.2 Å². The van der Waals surface area contributed by atoms with Crippen LogP contribution in [0.2, 0.25) is 0 Å². The zero-order valence-electron chi connectivity index (χ0n) is 14.9. The van der Waals surface area contributed by atoms with Crippen LogP contribution in [0.1, 0.15) is 12.5 Å². The molecule has 1 atom stereocenters. The zero-order valence-corrected chi connectivity index (χ0v) is 14.9. The fraction of sp³-hybridized carbons (Fsp3) is 0.294. The fourth-order valence-corrected chi connectivity index (χ4v) is 2.08. The van der Waals surface area contributed by atoms with Gasteiger partial charge in [0.2, 0.25) is 5.88 Å². The van der Waals surface area contributed by atoms with Crippen LogP contribution in [0.25, 0.3) is 0 Å². The molecule has 2 rings (SSSR count). The number of rotatable bonds is 6. The maximum absolute atomic E-state index is 14.0. The van der Waals surface area contributed by atoms with Crippen molar-refractivity contribution in [3.63, 3.8) is 0 Å². The monoisotopic (exact) mass is 413 g/mol. The van der Waals surface area contributed by atoms with E-state index in [1.165, 1.54) is 25.1 Å². The highest BCUT2D eigenvalue weighted by Crippen LogP contribution is 2.25. The first-order chi connectivity index (χ1) is 13.7. The predicted molar refractivity (Wildman–Crippen MR) is 91.5 cm³/mol. The van der Waals surface area contributed by atoms with Gasteiger partial charge in [0.25, 0.3) is 0 Å². The number of halogens is 4. The minimum atomic E-state index is -4.86. The molecule has 0 spiro atoms. The number of ether oxygens (including phenoxy) is 1. The summed E-state index contributed by atoms with van der Waals surface area (Å²) in [7, 11) is 0. The van der Waals surface area contributed by atoms with Crippen molar-refractivity contribution in [3.05, 3.63) is 42.0 Å². The molecule has 0 saturated heterocycles. The summed E-state index contributed by atoms with van der Waals surface area (Å²) in [6.07, 6.45) is -5.44. The van der Waals surface area contributed by atoms with Crippen molar-refractivity contribution in [1.82, 2.24) is 14.9 Å². The number of likely N-dealkylation sites (N-methyl/N-ethyl adjacent to an activating group) is 1. The van der Waals surface area contributed by atoms with E-state index in [4.69, 9.17) is 15.1 Å². The summed E-state index contributed by atoms with van der Waals surface area (Å²) < 4.78 is 56.5. The normalized spacial score (nSPS) is 12.0. The number of aliphatic hydroxyl groups is 1. The number of hydrogen-bond donors (Lipinski definition) is 2. The number of alkyl halides is 3. The Morgan fingerprint density at radius 3 is 2.66 bits per heavy atom. The van der Waals surface area contributed by atoms with Gasteiger partial charge in [-0.15, -0.1) is 0 Å². The third-order valence-electron chi connectivity index (χ3n) is 3.60. The first-order valence-corrected chi connectivity index (χ1v) is 8.15. The second-order valence-corrected chi connectivity index (χ2v) is 5.60. The van der Waals surface area contributed by atoms with E-state index in [2.05, 4.69) is 15.3 Å². The minimum Gasteiger partial charge on any atom is -0.434 e. The number of nitrogens with one attached hydrogen (secondary N) is 1. The van der Waals surface area contributed by atoms with Gasteiger partial charge in [-0.05, 0) is 19.1 Å². The summed E-state index contributed by atoms with van der Waals surface area (Å²) in [5.74, 6) is -1.38. The van der Waals surface area contributed by atoms with Crippen LogP contribution in [0.3, 0.4) is 0 Å². The van der Waals surface area contributed by atoms with E-state index in [1.807, 2.05) is 0 Å². The quantitative estimate of drug-likeness (QED) is 0.704. The van der Waals surface area contributed by atoms with Gasteiger partial charge in [0, 0.05) is 6.54 Å². The summed E-state index contributed by atoms with van der Waals surface area (Å²) in [6, 6.07) is 4.69. The lowest BCUT2D eigenvalue weighted by molar-refractivity contribution is -0.206. The minimum absolute atomic E-state index is 0.0951. The van der Waals surface area contributed by atoms with Crippen molar-refractivity contribution in [2.45, 2.75) is 19.2 Å². The Morgan fingerprint density at radius 1 is 1.38 bits per heavy atom. The molecule has 1 heterocycles. The topological polar surface area (TPSA) is 111 Å². The van der Waals surface area contributed by atoms with Crippen LogP contribution in [0.15, 0.2) is 30.6 Å². The largest absolute Gasteiger partial charge is 0.434 e. The molecule has 0 bridgehead atoms. The van der Waals surface area contributed by atoms with Crippen molar-refractivity contribution in [3.8, 4) is 17.7 Å². The SMILES string of the molecule is CCN(C[C@@H](O)C(F)(F)F)C(=O)Nc1cnc(Oc2cccc(C#N)c2F)cn1. The van der Waals surface area contributed by atoms with E-state index in [0.29, 0.717) is 0 Å². The number of nitriles is 1. The molecule has 2 N–H and O–H groups in total. The molecule has 0 unspecified atom stereocenters. The van der Waals surface area contributed by atoms with E-state index in [1.54, 1.807) is 6.07 Å². The number of hydrogen-bond acceptors (Lipinski definition) is 6. The highest BCUT2D eigenvalue weighted by Gasteiger charge is 2.39. The van der Waals surface area contributed by atoms with Gasteiger partial charge in [0.05, 0.1) is 24.5 Å². The van der Waals surface area contributed by atoms with E-state index in [0.717, 1.165) is 17.3 Å². The second kappa shape index (κ2) is 9.16. The molecule has 12 heteroatoms. The molecule has 0 fully saturated rings. The number of benzene rings is 1. The van der Waals surface area contributed by atoms with Crippen LogP contribution in [0.5, 0.6) is 11.6 Å². The van der Waals surface area contributed by atoms with Crippen LogP contribution in [0.4, 0.5) is 28.2 Å². The van der Waals surface area contributed by atoms with Gasteiger partial charge in [-0.3, -0.25) is 5.32 Å². The van der Waals surface area contributed by atoms with Gasteiger partial charge >= 0.3 is 12.2 Å². The van der Waals surface area contributed by atoms with Crippen LogP contribution in [-0.2, 0) is 0 Å². The van der Waals surface area contributed by atoms with E-state index < -0.39 is 30.7 Å². The maximum Gasteiger partial charge on any atom is 0.416 e. The fourth-order valence-electron chi connectivity index (χ4n) is 2.08. The number of nitrogens with zero attached hydrogens (tertiary/aromatic N) is 4. The van der Waals surface area contributed by atoms with E-state index in [9.17, 15) is 22.4 Å². The second-order valence-electron chi connectivity index (χ2n) is 5.60. The molecule has 29 heavy (non-hydrogen) atoms. The number of carbonyl (C=O) groups excluding carboxylic acids is 1. The molecule has 0 aliphatic rings. The van der Waals surface area contributed by atoms with Gasteiger partial charge in [0.1, 0.15) is 6.07 Å². The van der Waals surface area contributed by atoms with Crippen molar-refractivity contribution >= 4 is 11.8 Å². The first-order valence-electron chi connectivity index (χ1n) is 8.15. The lowest BCUT2D eigenvalue weighted by Crippen LogP contribution is -2.45. The number of aromatic nitrogens is 2. The Bertz CT molecular complexity index is 899. The standard InChI is InChI=1S/C17H15F4N5O3/c1-2-26(9-12(27)17(19,20)21)16(28)25-13-7-24-14(8-23-13)29-11-5-3-4-10(6-22)15(11)18/h3-5,7-8,12,27H,2,9H2,1H3,(H,23,25,28)/t12-/m1/s1. The molecule has 0 saturated carbocycles. The zero-order chi connectivity index (χ0) is 21.6. The summed E-state index contributed by atoms with van der Waals surface area (Å²) >= 11 is 0. The smallest absolute Gasteiger partial charge is 0.416 e. The Balaban J connectivity index is 2.03. The van der Waals surface area contributed by atoms with Crippen LogP contribution in [-0.4, -0.2) is 51.4 Å². The molecule has 0 aliphatic carbocycles. The molecule has 1 aromatic heterocycles. The average molecular weight is 413 g/mol. The Kier molecular flexibility index (Phi) is 6.89. The molecule has 1 aromatic carbocycles. The Labute approximate surface area is 162 Å². The number of carbonyl (C=O) groups is 1. The summed E-state index contributed by atoms with van der Waals surface area (Å²) in [5.41, 5.74) is -0.222. The van der Waals surface area contributed by atoms with Crippen LogP contribution >= 0.6 is 0 Å². The summed E-state index contributed by atoms with van der Waals surface area (Å²) in [5, 5.41) is 20.1.